The zero-order valence-electron chi connectivity index (χ0n) is 11.4. The standard InChI is InChI=1S/C16H22N2O/c1-10(17)11-6-8-12(9-7-11)18-16(19)15-13-4-2-3-5-14(13)15/h6-10,13-15H,2-5,17H2,1H3,(H,18,19). The largest absolute Gasteiger partial charge is 0.326 e. The Morgan fingerprint density at radius 3 is 2.32 bits per heavy atom. The van der Waals surface area contributed by atoms with Crippen molar-refractivity contribution in [3.8, 4) is 0 Å². The van der Waals surface area contributed by atoms with E-state index in [1.165, 1.54) is 25.7 Å². The van der Waals surface area contributed by atoms with Crippen LogP contribution < -0.4 is 11.1 Å². The van der Waals surface area contributed by atoms with Gasteiger partial charge in [0.05, 0.1) is 0 Å². The molecule has 0 heterocycles. The molecule has 1 amide bonds. The molecule has 0 aliphatic heterocycles. The lowest BCUT2D eigenvalue weighted by Crippen LogP contribution is -2.15. The van der Waals surface area contributed by atoms with Crippen LogP contribution in [0.25, 0.3) is 0 Å². The molecule has 3 N–H and O–H groups in total. The van der Waals surface area contributed by atoms with Gasteiger partial charge in [-0.25, -0.2) is 0 Å². The molecule has 2 saturated carbocycles. The maximum absolute atomic E-state index is 12.2. The van der Waals surface area contributed by atoms with Gasteiger partial charge in [0.15, 0.2) is 0 Å². The van der Waals surface area contributed by atoms with Gasteiger partial charge in [-0.15, -0.1) is 0 Å². The van der Waals surface area contributed by atoms with Crippen LogP contribution in [0, 0.1) is 17.8 Å². The second-order valence-electron chi connectivity index (χ2n) is 6.04. The van der Waals surface area contributed by atoms with Crippen molar-refractivity contribution in [2.75, 3.05) is 5.32 Å². The molecule has 102 valence electrons. The quantitative estimate of drug-likeness (QED) is 0.875. The van der Waals surface area contributed by atoms with Crippen LogP contribution in [0.15, 0.2) is 24.3 Å². The Morgan fingerprint density at radius 1 is 1.21 bits per heavy atom. The van der Waals surface area contributed by atoms with Gasteiger partial charge < -0.3 is 11.1 Å². The molecule has 0 radical (unpaired) electrons. The zero-order chi connectivity index (χ0) is 13.4. The highest BCUT2D eigenvalue weighted by atomic mass is 16.2. The molecule has 0 saturated heterocycles. The number of carbonyl (C=O) groups excluding carboxylic acids is 1. The van der Waals surface area contributed by atoms with E-state index in [-0.39, 0.29) is 17.9 Å². The van der Waals surface area contributed by atoms with Crippen molar-refractivity contribution in [2.24, 2.45) is 23.5 Å². The van der Waals surface area contributed by atoms with Crippen molar-refractivity contribution in [3.63, 3.8) is 0 Å². The van der Waals surface area contributed by atoms with Crippen LogP contribution in [0.3, 0.4) is 0 Å². The van der Waals surface area contributed by atoms with E-state index in [9.17, 15) is 4.79 Å². The molecule has 1 aromatic rings. The number of nitrogens with one attached hydrogen (secondary N) is 1. The van der Waals surface area contributed by atoms with Crippen molar-refractivity contribution >= 4 is 11.6 Å². The SMILES string of the molecule is CC(N)c1ccc(NC(=O)C2C3CCCCC32)cc1. The number of hydrogen-bond acceptors (Lipinski definition) is 2. The Morgan fingerprint density at radius 2 is 1.79 bits per heavy atom. The van der Waals surface area contributed by atoms with Crippen LogP contribution in [0.2, 0.25) is 0 Å². The van der Waals surface area contributed by atoms with Gasteiger partial charge in [-0.2, -0.15) is 0 Å². The van der Waals surface area contributed by atoms with Gasteiger partial charge in [0.25, 0.3) is 0 Å². The van der Waals surface area contributed by atoms with E-state index < -0.39 is 0 Å². The Balaban J connectivity index is 1.60. The minimum Gasteiger partial charge on any atom is -0.326 e. The normalized spacial score (nSPS) is 30.3. The first kappa shape index (κ1) is 12.7. The molecule has 1 aromatic carbocycles. The van der Waals surface area contributed by atoms with Crippen LogP contribution in [0.4, 0.5) is 5.69 Å². The van der Waals surface area contributed by atoms with E-state index in [1.807, 2.05) is 31.2 Å². The summed E-state index contributed by atoms with van der Waals surface area (Å²) in [5.74, 6) is 1.82. The molecule has 0 spiro atoms. The monoisotopic (exact) mass is 258 g/mol. The molecular formula is C16H22N2O. The van der Waals surface area contributed by atoms with Gasteiger partial charge in [-0.05, 0) is 49.3 Å². The Bertz CT molecular complexity index is 454. The Kier molecular flexibility index (Phi) is 3.31. The number of benzene rings is 1. The number of nitrogens with two attached hydrogens (primary N) is 1. The summed E-state index contributed by atoms with van der Waals surface area (Å²) in [5, 5.41) is 3.05. The lowest BCUT2D eigenvalue weighted by molar-refractivity contribution is -0.117. The van der Waals surface area contributed by atoms with Crippen LogP contribution in [0.1, 0.15) is 44.2 Å². The zero-order valence-corrected chi connectivity index (χ0v) is 11.4. The molecule has 3 nitrogen and oxygen atoms in total. The van der Waals surface area contributed by atoms with E-state index in [0.717, 1.165) is 11.3 Å². The molecule has 0 aromatic heterocycles. The molecule has 2 fully saturated rings. The first-order chi connectivity index (χ1) is 9.16. The number of amides is 1. The second-order valence-corrected chi connectivity index (χ2v) is 6.04. The van der Waals surface area contributed by atoms with Gasteiger partial charge in [0.2, 0.25) is 5.91 Å². The van der Waals surface area contributed by atoms with Crippen LogP contribution in [-0.4, -0.2) is 5.91 Å². The topological polar surface area (TPSA) is 55.1 Å². The number of hydrogen-bond donors (Lipinski definition) is 2. The van der Waals surface area contributed by atoms with Crippen molar-refractivity contribution in [1.29, 1.82) is 0 Å². The highest BCUT2D eigenvalue weighted by Crippen LogP contribution is 2.55. The molecule has 0 bridgehead atoms. The van der Waals surface area contributed by atoms with Gasteiger partial charge in [0, 0.05) is 17.6 Å². The Labute approximate surface area is 114 Å². The summed E-state index contributed by atoms with van der Waals surface area (Å²) < 4.78 is 0. The minimum absolute atomic E-state index is 0.0380. The van der Waals surface area contributed by atoms with Crippen molar-refractivity contribution in [1.82, 2.24) is 0 Å². The van der Waals surface area contributed by atoms with E-state index in [0.29, 0.717) is 11.8 Å². The summed E-state index contributed by atoms with van der Waals surface area (Å²) in [4.78, 5) is 12.2. The average Bonchev–Trinajstić information content (AvgIpc) is 3.13. The maximum atomic E-state index is 12.2. The van der Waals surface area contributed by atoms with Gasteiger partial charge in [-0.1, -0.05) is 25.0 Å². The molecule has 2 aliphatic rings. The minimum atomic E-state index is 0.0380. The van der Waals surface area contributed by atoms with Gasteiger partial charge >= 0.3 is 0 Å². The Hall–Kier alpha value is -1.35. The predicted molar refractivity (Wildman–Crippen MR) is 76.6 cm³/mol. The fraction of sp³-hybridized carbons (Fsp3) is 0.562. The lowest BCUT2D eigenvalue weighted by atomic mass is 10.0. The number of carbonyl (C=O) groups is 1. The van der Waals surface area contributed by atoms with Gasteiger partial charge in [-0.3, -0.25) is 4.79 Å². The van der Waals surface area contributed by atoms with Gasteiger partial charge in [0.1, 0.15) is 0 Å². The fourth-order valence-corrected chi connectivity index (χ4v) is 3.48. The fourth-order valence-electron chi connectivity index (χ4n) is 3.48. The molecular weight excluding hydrogens is 236 g/mol. The molecule has 3 heteroatoms. The third kappa shape index (κ3) is 2.52. The van der Waals surface area contributed by atoms with E-state index in [1.54, 1.807) is 0 Å². The predicted octanol–water partition coefficient (Wildman–Crippen LogP) is 3.08. The molecule has 2 aliphatic carbocycles. The lowest BCUT2D eigenvalue weighted by Gasteiger charge is -2.08. The first-order valence-electron chi connectivity index (χ1n) is 7.33. The molecule has 3 rings (SSSR count). The third-order valence-corrected chi connectivity index (χ3v) is 4.66. The summed E-state index contributed by atoms with van der Waals surface area (Å²) in [6, 6.07) is 7.90. The van der Waals surface area contributed by atoms with E-state index in [2.05, 4.69) is 5.32 Å². The smallest absolute Gasteiger partial charge is 0.228 e. The average molecular weight is 258 g/mol. The van der Waals surface area contributed by atoms with Crippen molar-refractivity contribution in [3.05, 3.63) is 29.8 Å². The summed E-state index contributed by atoms with van der Waals surface area (Å²) in [5.41, 5.74) is 7.80. The molecule has 19 heavy (non-hydrogen) atoms. The highest BCUT2D eigenvalue weighted by Gasteiger charge is 2.54. The van der Waals surface area contributed by atoms with Crippen LogP contribution in [-0.2, 0) is 4.79 Å². The van der Waals surface area contributed by atoms with Crippen LogP contribution >= 0.6 is 0 Å². The van der Waals surface area contributed by atoms with Crippen molar-refractivity contribution in [2.45, 2.75) is 38.6 Å². The van der Waals surface area contributed by atoms with E-state index >= 15 is 0 Å². The highest BCUT2D eigenvalue weighted by molar-refractivity contribution is 5.94. The number of rotatable bonds is 3. The van der Waals surface area contributed by atoms with E-state index in [4.69, 9.17) is 5.73 Å². The molecule has 3 unspecified atom stereocenters. The van der Waals surface area contributed by atoms with Crippen molar-refractivity contribution < 1.29 is 4.79 Å². The summed E-state index contributed by atoms with van der Waals surface area (Å²) in [6.07, 6.45) is 5.08. The third-order valence-electron chi connectivity index (χ3n) is 4.66. The maximum Gasteiger partial charge on any atom is 0.228 e. The number of anilines is 1. The number of fused-ring (bicyclic) bond motifs is 1. The summed E-state index contributed by atoms with van der Waals surface area (Å²) in [6.45, 7) is 1.96. The molecule has 3 atom stereocenters. The van der Waals surface area contributed by atoms with Crippen LogP contribution in [0.5, 0.6) is 0 Å². The summed E-state index contributed by atoms with van der Waals surface area (Å²) >= 11 is 0. The second kappa shape index (κ2) is 4.97. The summed E-state index contributed by atoms with van der Waals surface area (Å²) in [7, 11) is 0. The first-order valence-corrected chi connectivity index (χ1v) is 7.33.